The molecule has 3 saturated heterocycles. The maximum atomic E-state index is 14.9. The zero-order chi connectivity index (χ0) is 25.1. The molecule has 5 heterocycles. The number of H-pyrrole nitrogens is 1. The van der Waals surface area contributed by atoms with Crippen LogP contribution in [0, 0.1) is 5.82 Å². The molecule has 11 heteroatoms. The molecule has 2 aromatic rings. The molecule has 0 radical (unpaired) electrons. The van der Waals surface area contributed by atoms with Crippen LogP contribution in [0.5, 0.6) is 5.88 Å². The van der Waals surface area contributed by atoms with E-state index in [2.05, 4.69) is 15.3 Å². The van der Waals surface area contributed by atoms with Gasteiger partial charge in [-0.2, -0.15) is 4.98 Å². The van der Waals surface area contributed by atoms with Crippen LogP contribution in [-0.2, 0) is 9.47 Å². The van der Waals surface area contributed by atoms with Crippen molar-refractivity contribution in [2.45, 2.75) is 76.3 Å². The maximum Gasteiger partial charge on any atom is 0.410 e. The van der Waals surface area contributed by atoms with Gasteiger partial charge in [-0.15, -0.1) is 0 Å². The molecule has 2 aromatic heterocycles. The molecule has 0 unspecified atom stereocenters. The van der Waals surface area contributed by atoms with Gasteiger partial charge in [-0.25, -0.2) is 9.18 Å². The first-order chi connectivity index (χ1) is 16.5. The highest BCUT2D eigenvalue weighted by Gasteiger charge is 2.48. The van der Waals surface area contributed by atoms with Crippen LogP contribution in [0.1, 0.15) is 52.1 Å². The molecule has 4 atom stereocenters. The molecule has 35 heavy (non-hydrogen) atoms. The number of piperazine rings is 1. The Kier molecular flexibility index (Phi) is 6.17. The highest BCUT2D eigenvalue weighted by atomic mass is 35.5. The summed E-state index contributed by atoms with van der Waals surface area (Å²) in [6.07, 6.45) is 0.805. The number of nitrogens with one attached hydrogen (secondary N) is 2. The van der Waals surface area contributed by atoms with Crippen molar-refractivity contribution in [3.8, 4) is 5.88 Å². The topological polar surface area (TPSA) is 106 Å². The molecule has 2 N–H and O–H groups in total. The number of aromatic amines is 1. The summed E-state index contributed by atoms with van der Waals surface area (Å²) in [4.78, 5) is 34.6. The predicted molar refractivity (Wildman–Crippen MR) is 128 cm³/mol. The fourth-order valence-corrected chi connectivity index (χ4v) is 5.37. The van der Waals surface area contributed by atoms with E-state index in [0.29, 0.717) is 25.5 Å². The lowest BCUT2D eigenvalue weighted by atomic mass is 10.00. The minimum absolute atomic E-state index is 0.00215. The van der Waals surface area contributed by atoms with Crippen molar-refractivity contribution in [2.75, 3.05) is 19.8 Å². The van der Waals surface area contributed by atoms with Crippen molar-refractivity contribution in [1.29, 1.82) is 0 Å². The highest BCUT2D eigenvalue weighted by Crippen LogP contribution is 2.35. The molecular weight excluding hydrogens is 479 g/mol. The normalized spacial score (nSPS) is 25.4. The van der Waals surface area contributed by atoms with Gasteiger partial charge in [0, 0.05) is 29.6 Å². The Morgan fingerprint density at radius 2 is 2.09 bits per heavy atom. The fraction of sp³-hybridized carbons (Fsp3) is 0.625. The van der Waals surface area contributed by atoms with Gasteiger partial charge in [-0.3, -0.25) is 9.69 Å². The van der Waals surface area contributed by atoms with Crippen LogP contribution in [0.2, 0.25) is 5.15 Å². The number of aromatic nitrogens is 2. The average Bonchev–Trinajstić information content (AvgIpc) is 3.02. The molecule has 0 aromatic carbocycles. The molecular formula is C24H30ClFN4O5. The van der Waals surface area contributed by atoms with E-state index in [1.807, 2.05) is 27.7 Å². The number of ether oxygens (including phenoxy) is 3. The summed E-state index contributed by atoms with van der Waals surface area (Å²) in [6, 6.07) is 1.24. The van der Waals surface area contributed by atoms with E-state index >= 15 is 0 Å². The van der Waals surface area contributed by atoms with Crippen LogP contribution in [0.4, 0.5) is 9.18 Å². The Bertz CT molecular complexity index is 1210. The largest absolute Gasteiger partial charge is 0.472 e. The number of hydrogen-bond acceptors (Lipinski definition) is 7. The predicted octanol–water partition coefficient (Wildman–Crippen LogP) is 3.34. The zero-order valence-electron chi connectivity index (χ0n) is 20.2. The molecule has 9 nitrogen and oxygen atoms in total. The van der Waals surface area contributed by atoms with Gasteiger partial charge >= 0.3 is 6.09 Å². The van der Waals surface area contributed by atoms with Gasteiger partial charge in [0.2, 0.25) is 5.88 Å². The molecule has 0 saturated carbocycles. The first-order valence-electron chi connectivity index (χ1n) is 11.9. The number of hydrogen-bond donors (Lipinski definition) is 2. The van der Waals surface area contributed by atoms with E-state index in [-0.39, 0.29) is 51.9 Å². The van der Waals surface area contributed by atoms with Crippen LogP contribution in [0.15, 0.2) is 10.9 Å². The van der Waals surface area contributed by atoms with Crippen molar-refractivity contribution in [3.63, 3.8) is 0 Å². The number of carbonyl (C=O) groups excluding carboxylic acids is 1. The Morgan fingerprint density at radius 1 is 1.34 bits per heavy atom. The van der Waals surface area contributed by atoms with Crippen LogP contribution < -0.4 is 15.6 Å². The third-order valence-electron chi connectivity index (χ3n) is 6.92. The molecule has 5 rings (SSSR count). The summed E-state index contributed by atoms with van der Waals surface area (Å²) >= 11 is 6.09. The summed E-state index contributed by atoms with van der Waals surface area (Å²) in [7, 11) is 0. The Labute approximate surface area is 207 Å². The SMILES string of the molecule is C[C@H](Oc1nc(Cl)c(F)c2cc(C3COC3)[nH]c(=O)c12)[C@H]1NC[C@H]2CC[C@@H]1N2C(=O)OC(C)(C)C. The number of amides is 1. The number of nitrogens with zero attached hydrogens (tertiary/aromatic N) is 2. The zero-order valence-corrected chi connectivity index (χ0v) is 20.9. The van der Waals surface area contributed by atoms with Gasteiger partial charge in [0.1, 0.15) is 17.1 Å². The van der Waals surface area contributed by atoms with E-state index in [1.54, 1.807) is 11.0 Å². The minimum Gasteiger partial charge on any atom is -0.472 e. The van der Waals surface area contributed by atoms with E-state index < -0.39 is 23.1 Å². The third kappa shape index (κ3) is 4.47. The molecule has 0 aliphatic carbocycles. The first kappa shape index (κ1) is 24.3. The minimum atomic E-state index is -0.764. The van der Waals surface area contributed by atoms with E-state index in [0.717, 1.165) is 12.8 Å². The molecule has 3 aliphatic rings. The summed E-state index contributed by atoms with van der Waals surface area (Å²) in [5.41, 5.74) is -0.506. The van der Waals surface area contributed by atoms with Crippen molar-refractivity contribution in [3.05, 3.63) is 33.1 Å². The smallest absolute Gasteiger partial charge is 0.410 e. The standard InChI is InChI=1S/C24H30ClFN4O5/c1-11(19-16-6-5-13(8-27-19)30(16)23(32)35-24(2,3)4)34-22-17-14(18(26)20(25)29-22)7-15(28-21(17)31)12-9-33-10-12/h7,11-13,16,19,27H,5-6,8-10H2,1-4H3,(H,28,31)/t11-,13+,16-,19+/m0/s1. The Morgan fingerprint density at radius 3 is 2.74 bits per heavy atom. The lowest BCUT2D eigenvalue weighted by molar-refractivity contribution is -0.00492. The molecule has 2 bridgehead atoms. The lowest BCUT2D eigenvalue weighted by Crippen LogP contribution is -2.64. The van der Waals surface area contributed by atoms with Crippen LogP contribution >= 0.6 is 11.6 Å². The van der Waals surface area contributed by atoms with Crippen molar-refractivity contribution < 1.29 is 23.4 Å². The van der Waals surface area contributed by atoms with Crippen LogP contribution in [0.25, 0.3) is 10.8 Å². The second-order valence-electron chi connectivity index (χ2n) is 10.5. The van der Waals surface area contributed by atoms with Gasteiger partial charge in [-0.1, -0.05) is 11.6 Å². The molecule has 3 aliphatic heterocycles. The monoisotopic (exact) mass is 508 g/mol. The number of pyridine rings is 2. The average molecular weight is 509 g/mol. The van der Waals surface area contributed by atoms with Gasteiger partial charge in [0.25, 0.3) is 5.56 Å². The second kappa shape index (κ2) is 8.90. The summed E-state index contributed by atoms with van der Waals surface area (Å²) in [5.74, 6) is -0.801. The number of carbonyl (C=O) groups is 1. The Hall–Kier alpha value is -2.43. The molecule has 3 fully saturated rings. The number of fused-ring (bicyclic) bond motifs is 3. The van der Waals surface area contributed by atoms with Crippen molar-refractivity contribution >= 4 is 28.5 Å². The number of rotatable bonds is 4. The summed E-state index contributed by atoms with van der Waals surface area (Å²) < 4.78 is 31.9. The van der Waals surface area contributed by atoms with Crippen LogP contribution in [0.3, 0.4) is 0 Å². The molecule has 190 valence electrons. The third-order valence-corrected chi connectivity index (χ3v) is 7.17. The molecule has 1 amide bonds. The second-order valence-corrected chi connectivity index (χ2v) is 10.9. The Balaban J connectivity index is 1.43. The van der Waals surface area contributed by atoms with E-state index in [1.165, 1.54) is 0 Å². The van der Waals surface area contributed by atoms with E-state index in [9.17, 15) is 14.0 Å². The summed E-state index contributed by atoms with van der Waals surface area (Å²) in [6.45, 7) is 8.89. The summed E-state index contributed by atoms with van der Waals surface area (Å²) in [5, 5.41) is 3.17. The van der Waals surface area contributed by atoms with Crippen molar-refractivity contribution in [2.24, 2.45) is 0 Å². The van der Waals surface area contributed by atoms with E-state index in [4.69, 9.17) is 25.8 Å². The first-order valence-corrected chi connectivity index (χ1v) is 12.3. The van der Waals surface area contributed by atoms with Gasteiger partial charge in [0.05, 0.1) is 25.3 Å². The molecule has 0 spiro atoms. The van der Waals surface area contributed by atoms with Crippen LogP contribution in [-0.4, -0.2) is 70.6 Å². The van der Waals surface area contributed by atoms with Gasteiger partial charge in [0.15, 0.2) is 11.0 Å². The highest BCUT2D eigenvalue weighted by molar-refractivity contribution is 6.30. The quantitative estimate of drug-likeness (QED) is 0.610. The van der Waals surface area contributed by atoms with Crippen molar-refractivity contribution in [1.82, 2.24) is 20.2 Å². The van der Waals surface area contributed by atoms with Gasteiger partial charge < -0.3 is 24.5 Å². The number of halogens is 2. The van der Waals surface area contributed by atoms with Gasteiger partial charge in [-0.05, 0) is 46.6 Å². The fourth-order valence-electron chi connectivity index (χ4n) is 5.19. The lowest BCUT2D eigenvalue weighted by Gasteiger charge is -2.43. The maximum absolute atomic E-state index is 14.9.